The third-order valence-electron chi connectivity index (χ3n) is 4.06. The lowest BCUT2D eigenvalue weighted by Gasteiger charge is -2.24. The number of aliphatic carboxylic acids is 1. The van der Waals surface area contributed by atoms with Crippen LogP contribution in [0.4, 0.5) is 0 Å². The van der Waals surface area contributed by atoms with Gasteiger partial charge in [0.25, 0.3) is 0 Å². The first-order valence-corrected chi connectivity index (χ1v) is 7.25. The molecule has 0 aliphatic heterocycles. The highest BCUT2D eigenvalue weighted by molar-refractivity contribution is 5.91. The van der Waals surface area contributed by atoms with Crippen molar-refractivity contribution in [2.45, 2.75) is 40.2 Å². The van der Waals surface area contributed by atoms with Gasteiger partial charge in [0.1, 0.15) is 0 Å². The SMILES string of the molecule is CC(C)CC(CN(C)C)NC(=O)C1C(C(=O)O)C1(C)C. The van der Waals surface area contributed by atoms with Gasteiger partial charge in [-0.3, -0.25) is 9.59 Å². The molecule has 0 bridgehead atoms. The van der Waals surface area contributed by atoms with Crippen molar-refractivity contribution in [2.75, 3.05) is 20.6 Å². The number of hydrogen-bond acceptors (Lipinski definition) is 3. The summed E-state index contributed by atoms with van der Waals surface area (Å²) in [5, 5.41) is 12.2. The highest BCUT2D eigenvalue weighted by Crippen LogP contribution is 2.58. The molecular formula is C15H28N2O3. The third kappa shape index (κ3) is 3.95. The van der Waals surface area contributed by atoms with Crippen LogP contribution >= 0.6 is 0 Å². The summed E-state index contributed by atoms with van der Waals surface area (Å²) in [6.07, 6.45) is 0.898. The normalized spacial score (nSPS) is 25.6. The summed E-state index contributed by atoms with van der Waals surface area (Å²) >= 11 is 0. The minimum absolute atomic E-state index is 0.0725. The number of amides is 1. The van der Waals surface area contributed by atoms with Crippen LogP contribution in [-0.4, -0.2) is 48.6 Å². The molecule has 0 saturated heterocycles. The number of likely N-dealkylation sites (N-methyl/N-ethyl adjacent to an activating group) is 1. The minimum Gasteiger partial charge on any atom is -0.481 e. The Kier molecular flexibility index (Phi) is 5.19. The van der Waals surface area contributed by atoms with Crippen LogP contribution in [-0.2, 0) is 9.59 Å². The van der Waals surface area contributed by atoms with Crippen molar-refractivity contribution in [2.24, 2.45) is 23.2 Å². The van der Waals surface area contributed by atoms with E-state index in [1.165, 1.54) is 0 Å². The second kappa shape index (κ2) is 6.12. The number of rotatable bonds is 7. The molecule has 3 atom stereocenters. The van der Waals surface area contributed by atoms with Crippen molar-refractivity contribution in [3.8, 4) is 0 Å². The van der Waals surface area contributed by atoms with Crippen LogP contribution in [0.2, 0.25) is 0 Å². The maximum absolute atomic E-state index is 12.3. The van der Waals surface area contributed by atoms with Crippen molar-refractivity contribution in [1.82, 2.24) is 10.2 Å². The molecule has 0 spiro atoms. The zero-order valence-electron chi connectivity index (χ0n) is 13.4. The average Bonchev–Trinajstić information content (AvgIpc) is 2.79. The molecule has 0 aromatic rings. The first-order chi connectivity index (χ1) is 9.07. The van der Waals surface area contributed by atoms with Gasteiger partial charge in [-0.25, -0.2) is 0 Å². The topological polar surface area (TPSA) is 69.6 Å². The highest BCUT2D eigenvalue weighted by Gasteiger charge is 2.65. The monoisotopic (exact) mass is 284 g/mol. The van der Waals surface area contributed by atoms with E-state index in [0.717, 1.165) is 13.0 Å². The van der Waals surface area contributed by atoms with Gasteiger partial charge in [0.05, 0.1) is 11.8 Å². The molecule has 1 rings (SSSR count). The fourth-order valence-corrected chi connectivity index (χ4v) is 3.07. The fourth-order valence-electron chi connectivity index (χ4n) is 3.07. The lowest BCUT2D eigenvalue weighted by atomic mass is 10.0. The molecule has 1 aliphatic rings. The summed E-state index contributed by atoms with van der Waals surface area (Å²) in [6.45, 7) is 8.71. The van der Waals surface area contributed by atoms with Gasteiger partial charge in [-0.15, -0.1) is 0 Å². The predicted octanol–water partition coefficient (Wildman–Crippen LogP) is 1.44. The lowest BCUT2D eigenvalue weighted by molar-refractivity contribution is -0.140. The maximum atomic E-state index is 12.3. The maximum Gasteiger partial charge on any atom is 0.307 e. The summed E-state index contributed by atoms with van der Waals surface area (Å²) in [4.78, 5) is 25.5. The van der Waals surface area contributed by atoms with Gasteiger partial charge in [-0.05, 0) is 31.8 Å². The second-order valence-electron chi connectivity index (χ2n) is 7.21. The van der Waals surface area contributed by atoms with Crippen molar-refractivity contribution in [3.05, 3.63) is 0 Å². The van der Waals surface area contributed by atoms with E-state index in [0.29, 0.717) is 5.92 Å². The third-order valence-corrected chi connectivity index (χ3v) is 4.06. The van der Waals surface area contributed by atoms with E-state index in [1.807, 2.05) is 32.8 Å². The van der Waals surface area contributed by atoms with Gasteiger partial charge < -0.3 is 15.3 Å². The molecule has 1 saturated carbocycles. The molecule has 5 nitrogen and oxygen atoms in total. The molecule has 0 aromatic carbocycles. The van der Waals surface area contributed by atoms with Crippen LogP contribution in [0.15, 0.2) is 0 Å². The second-order valence-corrected chi connectivity index (χ2v) is 7.21. The molecule has 2 N–H and O–H groups in total. The van der Waals surface area contributed by atoms with E-state index in [4.69, 9.17) is 5.11 Å². The molecule has 1 fully saturated rings. The standard InChI is InChI=1S/C15H28N2O3/c1-9(2)7-10(8-17(5)6)16-13(18)11-12(14(19)20)15(11,3)4/h9-12H,7-8H2,1-6H3,(H,16,18)(H,19,20). The summed E-state index contributed by atoms with van der Waals surface area (Å²) in [5.41, 5.74) is -0.434. The summed E-state index contributed by atoms with van der Waals surface area (Å²) < 4.78 is 0. The van der Waals surface area contributed by atoms with E-state index in [9.17, 15) is 9.59 Å². The Morgan fingerprint density at radius 2 is 1.80 bits per heavy atom. The zero-order chi connectivity index (χ0) is 15.7. The number of carbonyl (C=O) groups is 2. The number of carbonyl (C=O) groups excluding carboxylic acids is 1. The van der Waals surface area contributed by atoms with Crippen LogP contribution in [0.25, 0.3) is 0 Å². The van der Waals surface area contributed by atoms with E-state index < -0.39 is 23.2 Å². The van der Waals surface area contributed by atoms with Crippen molar-refractivity contribution < 1.29 is 14.7 Å². The molecule has 5 heteroatoms. The van der Waals surface area contributed by atoms with Gasteiger partial charge in [-0.2, -0.15) is 0 Å². The number of carboxylic acid groups (broad SMARTS) is 1. The van der Waals surface area contributed by atoms with E-state index >= 15 is 0 Å². The van der Waals surface area contributed by atoms with Crippen LogP contribution in [0.1, 0.15) is 34.1 Å². The molecule has 116 valence electrons. The van der Waals surface area contributed by atoms with Crippen molar-refractivity contribution in [3.63, 3.8) is 0 Å². The Balaban J connectivity index is 2.65. The van der Waals surface area contributed by atoms with Crippen molar-refractivity contribution in [1.29, 1.82) is 0 Å². The average molecular weight is 284 g/mol. The number of carboxylic acids is 1. The molecule has 3 unspecified atom stereocenters. The smallest absolute Gasteiger partial charge is 0.307 e. The molecule has 0 heterocycles. The summed E-state index contributed by atoms with van der Waals surface area (Å²) in [6, 6.07) is 0.0725. The first kappa shape index (κ1) is 17.0. The van der Waals surface area contributed by atoms with Crippen molar-refractivity contribution >= 4 is 11.9 Å². The Labute approximate surface area is 121 Å². The Bertz CT molecular complexity index is 367. The molecule has 20 heavy (non-hydrogen) atoms. The van der Waals surface area contributed by atoms with Gasteiger partial charge in [0, 0.05) is 12.6 Å². The van der Waals surface area contributed by atoms with Gasteiger partial charge in [-0.1, -0.05) is 27.7 Å². The van der Waals surface area contributed by atoms with Crippen LogP contribution in [0.3, 0.4) is 0 Å². The molecule has 0 radical (unpaired) electrons. The number of nitrogens with one attached hydrogen (secondary N) is 1. The predicted molar refractivity (Wildman–Crippen MR) is 78.3 cm³/mol. The van der Waals surface area contributed by atoms with Crippen LogP contribution < -0.4 is 5.32 Å². The molecule has 1 aliphatic carbocycles. The van der Waals surface area contributed by atoms with Gasteiger partial charge in [0.15, 0.2) is 0 Å². The van der Waals surface area contributed by atoms with E-state index in [1.54, 1.807) is 0 Å². The first-order valence-electron chi connectivity index (χ1n) is 7.25. The van der Waals surface area contributed by atoms with E-state index in [2.05, 4.69) is 19.2 Å². The van der Waals surface area contributed by atoms with Crippen LogP contribution in [0, 0.1) is 23.2 Å². The molecule has 1 amide bonds. The zero-order valence-corrected chi connectivity index (χ0v) is 13.4. The van der Waals surface area contributed by atoms with E-state index in [-0.39, 0.29) is 11.9 Å². The number of nitrogens with zero attached hydrogens (tertiary/aromatic N) is 1. The largest absolute Gasteiger partial charge is 0.481 e. The summed E-state index contributed by atoms with van der Waals surface area (Å²) in [5.74, 6) is -1.46. The van der Waals surface area contributed by atoms with Gasteiger partial charge in [0.2, 0.25) is 5.91 Å². The van der Waals surface area contributed by atoms with Crippen LogP contribution in [0.5, 0.6) is 0 Å². The lowest BCUT2D eigenvalue weighted by Crippen LogP contribution is -2.43. The molecular weight excluding hydrogens is 256 g/mol. The quantitative estimate of drug-likeness (QED) is 0.742. The Morgan fingerprint density at radius 1 is 1.25 bits per heavy atom. The fraction of sp³-hybridized carbons (Fsp3) is 0.867. The summed E-state index contributed by atoms with van der Waals surface area (Å²) in [7, 11) is 3.95. The molecule has 0 aromatic heterocycles. The number of hydrogen-bond donors (Lipinski definition) is 2. The van der Waals surface area contributed by atoms with Gasteiger partial charge >= 0.3 is 5.97 Å². The Morgan fingerprint density at radius 3 is 2.15 bits per heavy atom. The minimum atomic E-state index is -0.872. The highest BCUT2D eigenvalue weighted by atomic mass is 16.4. The Hall–Kier alpha value is -1.10.